The smallest absolute Gasteiger partial charge is 0.319 e. The average molecular weight is 381 g/mol. The van der Waals surface area contributed by atoms with E-state index in [0.29, 0.717) is 12.1 Å². The Labute approximate surface area is 166 Å². The Morgan fingerprint density at radius 2 is 1.82 bits per heavy atom. The SMILES string of the molecule is Cc1cccc(NC(=O)NC2CC3CCCC(C2)N3Cc2ccc(F)cc2)c1. The summed E-state index contributed by atoms with van der Waals surface area (Å²) in [6.45, 7) is 2.87. The van der Waals surface area contributed by atoms with Crippen LogP contribution in [0.2, 0.25) is 0 Å². The molecule has 5 heteroatoms. The van der Waals surface area contributed by atoms with E-state index < -0.39 is 0 Å². The van der Waals surface area contributed by atoms with E-state index in [-0.39, 0.29) is 17.9 Å². The molecule has 4 nitrogen and oxygen atoms in total. The molecule has 2 heterocycles. The Hall–Kier alpha value is -2.40. The van der Waals surface area contributed by atoms with Gasteiger partial charge in [0.15, 0.2) is 0 Å². The van der Waals surface area contributed by atoms with Crippen LogP contribution >= 0.6 is 0 Å². The van der Waals surface area contributed by atoms with Gasteiger partial charge < -0.3 is 10.6 Å². The lowest BCUT2D eigenvalue weighted by molar-refractivity contribution is 0.0200. The van der Waals surface area contributed by atoms with Gasteiger partial charge in [0.25, 0.3) is 0 Å². The van der Waals surface area contributed by atoms with Crippen LogP contribution in [0.5, 0.6) is 0 Å². The zero-order chi connectivity index (χ0) is 19.5. The molecule has 0 aromatic heterocycles. The molecule has 4 rings (SSSR count). The number of anilines is 1. The maximum atomic E-state index is 13.2. The van der Waals surface area contributed by atoms with Gasteiger partial charge in [-0.25, -0.2) is 9.18 Å². The molecule has 0 radical (unpaired) electrons. The highest BCUT2D eigenvalue weighted by molar-refractivity contribution is 5.89. The topological polar surface area (TPSA) is 44.4 Å². The molecule has 0 aliphatic carbocycles. The minimum atomic E-state index is -0.188. The van der Waals surface area contributed by atoms with E-state index in [2.05, 4.69) is 15.5 Å². The van der Waals surface area contributed by atoms with E-state index in [1.807, 2.05) is 43.3 Å². The lowest BCUT2D eigenvalue weighted by Gasteiger charge is -2.49. The number of aryl methyl sites for hydroxylation is 1. The zero-order valence-corrected chi connectivity index (χ0v) is 16.3. The van der Waals surface area contributed by atoms with Crippen LogP contribution in [0.4, 0.5) is 14.9 Å². The molecule has 2 N–H and O–H groups in total. The maximum absolute atomic E-state index is 13.2. The van der Waals surface area contributed by atoms with Gasteiger partial charge in [0.1, 0.15) is 5.82 Å². The highest BCUT2D eigenvalue weighted by atomic mass is 19.1. The van der Waals surface area contributed by atoms with Crippen LogP contribution in [0.1, 0.15) is 43.2 Å². The molecule has 2 aliphatic heterocycles. The third-order valence-corrected chi connectivity index (χ3v) is 6.02. The minimum Gasteiger partial charge on any atom is -0.335 e. The molecule has 0 spiro atoms. The number of piperidine rings is 2. The average Bonchev–Trinajstić information content (AvgIpc) is 2.64. The molecule has 2 bridgehead atoms. The van der Waals surface area contributed by atoms with Gasteiger partial charge in [0.05, 0.1) is 0 Å². The van der Waals surface area contributed by atoms with Crippen molar-refractivity contribution < 1.29 is 9.18 Å². The molecule has 28 heavy (non-hydrogen) atoms. The van der Waals surface area contributed by atoms with E-state index >= 15 is 0 Å². The molecule has 2 fully saturated rings. The Kier molecular flexibility index (Phi) is 5.62. The number of carbonyl (C=O) groups is 1. The first kappa shape index (κ1) is 18.9. The van der Waals surface area contributed by atoms with Gasteiger partial charge in [-0.15, -0.1) is 0 Å². The molecule has 2 aromatic rings. The number of urea groups is 1. The quantitative estimate of drug-likeness (QED) is 0.796. The number of hydrogen-bond acceptors (Lipinski definition) is 2. The highest BCUT2D eigenvalue weighted by Crippen LogP contribution is 2.35. The molecule has 148 valence electrons. The van der Waals surface area contributed by atoms with Crippen molar-refractivity contribution in [3.8, 4) is 0 Å². The van der Waals surface area contributed by atoms with Crippen LogP contribution in [-0.2, 0) is 6.54 Å². The highest BCUT2D eigenvalue weighted by Gasteiger charge is 2.38. The van der Waals surface area contributed by atoms with Crippen LogP contribution in [0, 0.1) is 12.7 Å². The van der Waals surface area contributed by atoms with Crippen LogP contribution in [0.15, 0.2) is 48.5 Å². The third kappa shape index (κ3) is 4.53. The van der Waals surface area contributed by atoms with Crippen molar-refractivity contribution in [2.75, 3.05) is 5.32 Å². The number of carbonyl (C=O) groups excluding carboxylic acids is 1. The predicted octanol–water partition coefficient (Wildman–Crippen LogP) is 4.84. The maximum Gasteiger partial charge on any atom is 0.319 e. The van der Waals surface area contributed by atoms with Crippen molar-refractivity contribution in [2.45, 2.75) is 63.7 Å². The number of hydrogen-bond donors (Lipinski definition) is 2. The van der Waals surface area contributed by atoms with E-state index in [9.17, 15) is 9.18 Å². The number of benzene rings is 2. The van der Waals surface area contributed by atoms with Crippen LogP contribution < -0.4 is 10.6 Å². The first-order valence-electron chi connectivity index (χ1n) is 10.2. The number of halogens is 1. The summed E-state index contributed by atoms with van der Waals surface area (Å²) in [5.41, 5.74) is 3.11. The summed E-state index contributed by atoms with van der Waals surface area (Å²) in [5, 5.41) is 6.13. The fourth-order valence-corrected chi connectivity index (χ4v) is 4.73. The van der Waals surface area contributed by atoms with Crippen LogP contribution in [0.25, 0.3) is 0 Å². The summed E-state index contributed by atoms with van der Waals surface area (Å²) in [7, 11) is 0. The van der Waals surface area contributed by atoms with Crippen LogP contribution in [0.3, 0.4) is 0 Å². The van der Waals surface area contributed by atoms with Crippen molar-refractivity contribution in [2.24, 2.45) is 0 Å². The van der Waals surface area contributed by atoms with Crippen LogP contribution in [-0.4, -0.2) is 29.1 Å². The lowest BCUT2D eigenvalue weighted by Crippen LogP contribution is -2.56. The Morgan fingerprint density at radius 1 is 1.11 bits per heavy atom. The molecule has 2 amide bonds. The predicted molar refractivity (Wildman–Crippen MR) is 110 cm³/mol. The summed E-state index contributed by atoms with van der Waals surface area (Å²) in [5.74, 6) is -0.188. The second kappa shape index (κ2) is 8.31. The van der Waals surface area contributed by atoms with Gasteiger partial charge in [0, 0.05) is 30.4 Å². The summed E-state index contributed by atoms with van der Waals surface area (Å²) in [4.78, 5) is 15.0. The Morgan fingerprint density at radius 3 is 2.50 bits per heavy atom. The Balaban J connectivity index is 1.36. The normalized spacial score (nSPS) is 24.6. The van der Waals surface area contributed by atoms with E-state index in [1.54, 1.807) is 0 Å². The fourth-order valence-electron chi connectivity index (χ4n) is 4.73. The van der Waals surface area contributed by atoms with Gasteiger partial charge in [-0.2, -0.15) is 0 Å². The van der Waals surface area contributed by atoms with Gasteiger partial charge in [0.2, 0.25) is 0 Å². The Bertz CT molecular complexity index is 809. The standard InChI is InChI=1S/C23H28FN3O/c1-16-4-2-5-19(12-16)25-23(28)26-20-13-21-6-3-7-22(14-20)27(21)15-17-8-10-18(24)11-9-17/h2,4-5,8-12,20-22H,3,6-7,13-15H2,1H3,(H2,25,26,28). The van der Waals surface area contributed by atoms with Crippen molar-refractivity contribution in [3.05, 3.63) is 65.5 Å². The number of rotatable bonds is 4. The van der Waals surface area contributed by atoms with Gasteiger partial charge >= 0.3 is 6.03 Å². The van der Waals surface area contributed by atoms with Crippen molar-refractivity contribution >= 4 is 11.7 Å². The second-order valence-electron chi connectivity index (χ2n) is 8.17. The molecule has 2 aromatic carbocycles. The number of amides is 2. The molecule has 2 unspecified atom stereocenters. The van der Waals surface area contributed by atoms with E-state index in [4.69, 9.17) is 0 Å². The summed E-state index contributed by atoms with van der Waals surface area (Å²) in [6, 6.07) is 15.7. The summed E-state index contributed by atoms with van der Waals surface area (Å²) < 4.78 is 13.2. The molecular formula is C23H28FN3O. The minimum absolute atomic E-state index is 0.124. The number of fused-ring (bicyclic) bond motifs is 2. The first-order chi connectivity index (χ1) is 13.6. The lowest BCUT2D eigenvalue weighted by atomic mass is 9.81. The van der Waals surface area contributed by atoms with Gasteiger partial charge in [-0.3, -0.25) is 4.90 Å². The summed E-state index contributed by atoms with van der Waals surface area (Å²) >= 11 is 0. The third-order valence-electron chi connectivity index (χ3n) is 6.02. The zero-order valence-electron chi connectivity index (χ0n) is 16.3. The molecule has 2 atom stereocenters. The van der Waals surface area contributed by atoms with Gasteiger partial charge in [-0.1, -0.05) is 30.7 Å². The molecular weight excluding hydrogens is 353 g/mol. The second-order valence-corrected chi connectivity index (χ2v) is 8.17. The number of nitrogens with one attached hydrogen (secondary N) is 2. The molecule has 2 saturated heterocycles. The van der Waals surface area contributed by atoms with E-state index in [1.165, 1.54) is 18.6 Å². The molecule has 2 aliphatic rings. The van der Waals surface area contributed by atoms with Crippen molar-refractivity contribution in [1.29, 1.82) is 0 Å². The molecule has 0 saturated carbocycles. The van der Waals surface area contributed by atoms with E-state index in [0.717, 1.165) is 49.0 Å². The van der Waals surface area contributed by atoms with Crippen molar-refractivity contribution in [1.82, 2.24) is 10.2 Å². The monoisotopic (exact) mass is 381 g/mol. The largest absolute Gasteiger partial charge is 0.335 e. The van der Waals surface area contributed by atoms with Crippen molar-refractivity contribution in [3.63, 3.8) is 0 Å². The fraction of sp³-hybridized carbons (Fsp3) is 0.435. The van der Waals surface area contributed by atoms with Gasteiger partial charge in [-0.05, 0) is 68.0 Å². The number of nitrogens with zero attached hydrogens (tertiary/aromatic N) is 1. The summed E-state index contributed by atoms with van der Waals surface area (Å²) in [6.07, 6.45) is 5.51. The first-order valence-corrected chi connectivity index (χ1v) is 10.2.